The van der Waals surface area contributed by atoms with E-state index >= 15 is 0 Å². The molecule has 2 aliphatic rings. The number of rotatable bonds is 2. The first-order chi connectivity index (χ1) is 12.1. The predicted octanol–water partition coefficient (Wildman–Crippen LogP) is 2.15. The summed E-state index contributed by atoms with van der Waals surface area (Å²) in [7, 11) is 0. The number of aliphatic imine (C=N–C) groups is 2. The van der Waals surface area contributed by atoms with Gasteiger partial charge in [-0.05, 0) is 43.9 Å². The van der Waals surface area contributed by atoms with Crippen LogP contribution in [0.4, 0.5) is 5.69 Å². The topological polar surface area (TPSA) is 119 Å². The van der Waals surface area contributed by atoms with E-state index in [-0.39, 0.29) is 5.96 Å². The summed E-state index contributed by atoms with van der Waals surface area (Å²) in [5.74, 6) is 1.63. The van der Waals surface area contributed by atoms with Crippen LogP contribution in [0.3, 0.4) is 0 Å². The molecule has 4 N–H and O–H groups in total. The number of aromatic nitrogens is 2. The van der Waals surface area contributed by atoms with Gasteiger partial charge in [-0.2, -0.15) is 4.99 Å². The highest BCUT2D eigenvalue weighted by Gasteiger charge is 2.42. The summed E-state index contributed by atoms with van der Waals surface area (Å²) in [6, 6.07) is 7.83. The molecule has 4 rings (SSSR count). The standard InChI is InChI=1S/C17H21N7O/c1-11-22-23-14(25-11)12-6-5-7-13(10-12)24-16(19)20-15(18)21-17(24)8-3-2-4-9-17/h5-7,10H,2-4,8-9H2,1H3,(H4,18,19,20,21). The molecule has 8 heteroatoms. The lowest BCUT2D eigenvalue weighted by Crippen LogP contribution is -2.58. The molecular formula is C17H21N7O. The fourth-order valence-corrected chi connectivity index (χ4v) is 3.69. The minimum atomic E-state index is -0.461. The van der Waals surface area contributed by atoms with Crippen LogP contribution in [-0.4, -0.2) is 27.8 Å². The smallest absolute Gasteiger partial charge is 0.247 e. The third kappa shape index (κ3) is 2.73. The van der Waals surface area contributed by atoms with Gasteiger partial charge in [0.15, 0.2) is 0 Å². The van der Waals surface area contributed by atoms with Crippen LogP contribution in [0.1, 0.15) is 38.0 Å². The van der Waals surface area contributed by atoms with Crippen LogP contribution in [0.5, 0.6) is 0 Å². The first-order valence-corrected chi connectivity index (χ1v) is 8.48. The van der Waals surface area contributed by atoms with E-state index in [9.17, 15) is 0 Å². The molecule has 1 aromatic carbocycles. The molecule has 0 atom stereocenters. The maximum absolute atomic E-state index is 6.26. The number of nitrogens with two attached hydrogens (primary N) is 2. The van der Waals surface area contributed by atoms with E-state index in [0.717, 1.165) is 36.9 Å². The van der Waals surface area contributed by atoms with Gasteiger partial charge in [-0.1, -0.05) is 12.5 Å². The van der Waals surface area contributed by atoms with Crippen molar-refractivity contribution in [2.75, 3.05) is 4.90 Å². The average Bonchev–Trinajstić information content (AvgIpc) is 3.01. The second-order valence-electron chi connectivity index (χ2n) is 6.50. The minimum absolute atomic E-state index is 0.249. The number of benzene rings is 1. The SMILES string of the molecule is Cc1nnc(-c2cccc(N3C(N)=NC(N)=NC34CCCCC4)c2)o1. The zero-order valence-electron chi connectivity index (χ0n) is 14.1. The van der Waals surface area contributed by atoms with E-state index in [4.69, 9.17) is 15.9 Å². The van der Waals surface area contributed by atoms with Gasteiger partial charge in [-0.3, -0.25) is 4.90 Å². The van der Waals surface area contributed by atoms with E-state index in [1.807, 2.05) is 29.2 Å². The van der Waals surface area contributed by atoms with E-state index in [2.05, 4.69) is 20.2 Å². The Hall–Kier alpha value is -2.90. The molecule has 1 aliphatic heterocycles. The lowest BCUT2D eigenvalue weighted by Gasteiger charge is -2.45. The molecule has 0 bridgehead atoms. The van der Waals surface area contributed by atoms with Crippen molar-refractivity contribution >= 4 is 17.6 Å². The number of aryl methyl sites for hydroxylation is 1. The third-order valence-electron chi connectivity index (χ3n) is 4.73. The Labute approximate surface area is 145 Å². The van der Waals surface area contributed by atoms with Crippen molar-refractivity contribution in [3.63, 3.8) is 0 Å². The molecule has 130 valence electrons. The molecule has 1 saturated carbocycles. The van der Waals surface area contributed by atoms with E-state index in [0.29, 0.717) is 17.7 Å². The highest BCUT2D eigenvalue weighted by atomic mass is 16.4. The molecule has 1 aromatic heterocycles. The third-order valence-corrected chi connectivity index (χ3v) is 4.73. The van der Waals surface area contributed by atoms with E-state index in [1.165, 1.54) is 6.42 Å². The zero-order chi connectivity index (χ0) is 17.4. The molecule has 0 amide bonds. The number of nitrogens with zero attached hydrogens (tertiary/aromatic N) is 5. The van der Waals surface area contributed by atoms with Crippen LogP contribution < -0.4 is 16.4 Å². The quantitative estimate of drug-likeness (QED) is 0.865. The van der Waals surface area contributed by atoms with Gasteiger partial charge in [-0.15, -0.1) is 10.2 Å². The Balaban J connectivity index is 1.78. The van der Waals surface area contributed by atoms with Gasteiger partial charge >= 0.3 is 0 Å². The molecule has 2 aromatic rings. The zero-order valence-corrected chi connectivity index (χ0v) is 14.1. The van der Waals surface area contributed by atoms with Crippen molar-refractivity contribution in [2.24, 2.45) is 21.5 Å². The molecule has 1 aliphatic carbocycles. The molecule has 1 spiro atoms. The van der Waals surface area contributed by atoms with E-state index < -0.39 is 5.66 Å². The average molecular weight is 339 g/mol. The van der Waals surface area contributed by atoms with Crippen LogP contribution in [0, 0.1) is 6.92 Å². The Kier molecular flexibility index (Phi) is 3.67. The van der Waals surface area contributed by atoms with Crippen molar-refractivity contribution in [2.45, 2.75) is 44.7 Å². The molecule has 0 saturated heterocycles. The Bertz CT molecular complexity index is 848. The van der Waals surface area contributed by atoms with Crippen LogP contribution in [0.15, 0.2) is 38.7 Å². The molecule has 0 unspecified atom stereocenters. The first-order valence-electron chi connectivity index (χ1n) is 8.48. The number of anilines is 1. The van der Waals surface area contributed by atoms with Crippen LogP contribution >= 0.6 is 0 Å². The molecule has 1 fully saturated rings. The summed E-state index contributed by atoms with van der Waals surface area (Å²) in [5, 5.41) is 7.99. The molecule has 8 nitrogen and oxygen atoms in total. The largest absolute Gasteiger partial charge is 0.421 e. The number of guanidine groups is 2. The maximum Gasteiger partial charge on any atom is 0.247 e. The second kappa shape index (κ2) is 5.87. The summed E-state index contributed by atoms with van der Waals surface area (Å²) < 4.78 is 5.54. The van der Waals surface area contributed by atoms with Crippen LogP contribution in [0.2, 0.25) is 0 Å². The number of hydrogen-bond donors (Lipinski definition) is 2. The van der Waals surface area contributed by atoms with E-state index in [1.54, 1.807) is 6.92 Å². The van der Waals surface area contributed by atoms with Gasteiger partial charge in [-0.25, -0.2) is 4.99 Å². The Morgan fingerprint density at radius 2 is 1.92 bits per heavy atom. The van der Waals surface area contributed by atoms with Gasteiger partial charge in [0, 0.05) is 18.2 Å². The van der Waals surface area contributed by atoms with Gasteiger partial charge in [0.25, 0.3) is 0 Å². The minimum Gasteiger partial charge on any atom is -0.421 e. The van der Waals surface area contributed by atoms with Crippen LogP contribution in [-0.2, 0) is 0 Å². The van der Waals surface area contributed by atoms with Crippen molar-refractivity contribution < 1.29 is 4.42 Å². The summed E-state index contributed by atoms with van der Waals surface area (Å²) in [6.07, 6.45) is 5.16. The predicted molar refractivity (Wildman–Crippen MR) is 96.0 cm³/mol. The Morgan fingerprint density at radius 3 is 2.64 bits per heavy atom. The fraction of sp³-hybridized carbons (Fsp3) is 0.412. The summed E-state index contributed by atoms with van der Waals surface area (Å²) in [6.45, 7) is 1.77. The lowest BCUT2D eigenvalue weighted by atomic mass is 9.87. The lowest BCUT2D eigenvalue weighted by molar-refractivity contribution is 0.305. The molecule has 2 heterocycles. The fourth-order valence-electron chi connectivity index (χ4n) is 3.69. The Morgan fingerprint density at radius 1 is 1.12 bits per heavy atom. The van der Waals surface area contributed by atoms with Gasteiger partial charge in [0.05, 0.1) is 0 Å². The van der Waals surface area contributed by atoms with Crippen molar-refractivity contribution in [1.82, 2.24) is 10.2 Å². The monoisotopic (exact) mass is 339 g/mol. The normalized spacial score (nSPS) is 19.6. The van der Waals surface area contributed by atoms with Gasteiger partial charge in [0.1, 0.15) is 5.66 Å². The molecular weight excluding hydrogens is 318 g/mol. The summed E-state index contributed by atoms with van der Waals surface area (Å²) in [4.78, 5) is 10.9. The molecule has 25 heavy (non-hydrogen) atoms. The van der Waals surface area contributed by atoms with Crippen molar-refractivity contribution in [1.29, 1.82) is 0 Å². The highest BCUT2D eigenvalue weighted by molar-refractivity contribution is 6.05. The summed E-state index contributed by atoms with van der Waals surface area (Å²) in [5.41, 5.74) is 13.4. The summed E-state index contributed by atoms with van der Waals surface area (Å²) >= 11 is 0. The van der Waals surface area contributed by atoms with Gasteiger partial charge in [0.2, 0.25) is 23.7 Å². The first kappa shape index (κ1) is 15.6. The van der Waals surface area contributed by atoms with Crippen molar-refractivity contribution in [3.05, 3.63) is 30.2 Å². The van der Waals surface area contributed by atoms with Gasteiger partial charge < -0.3 is 15.9 Å². The second-order valence-corrected chi connectivity index (χ2v) is 6.50. The van der Waals surface area contributed by atoms with Crippen LogP contribution in [0.25, 0.3) is 11.5 Å². The number of hydrogen-bond acceptors (Lipinski definition) is 8. The highest BCUT2D eigenvalue weighted by Crippen LogP contribution is 2.40. The maximum atomic E-state index is 6.26. The molecule has 0 radical (unpaired) electrons. The van der Waals surface area contributed by atoms with Crippen molar-refractivity contribution in [3.8, 4) is 11.5 Å².